The van der Waals surface area contributed by atoms with Crippen LogP contribution in [0.15, 0.2) is 0 Å². The molecule has 3 heteroatoms. The lowest BCUT2D eigenvalue weighted by molar-refractivity contribution is -0.143. The summed E-state index contributed by atoms with van der Waals surface area (Å²) >= 11 is 0. The second-order valence-corrected chi connectivity index (χ2v) is 4.59. The number of hydrogen-bond donors (Lipinski definition) is 1. The van der Waals surface area contributed by atoms with Gasteiger partial charge in [0, 0.05) is 12.3 Å². The topological polar surface area (TPSA) is 46.2 Å². The lowest BCUT2D eigenvalue weighted by Crippen LogP contribution is -2.50. The van der Waals surface area contributed by atoms with E-state index in [9.17, 15) is 9.59 Å². The minimum absolute atomic E-state index is 0.0160. The summed E-state index contributed by atoms with van der Waals surface area (Å²) in [6.07, 6.45) is 2.88. The molecule has 2 amide bonds. The standard InChI is InChI=1S/C10H15NO2/c1-6-9(13)11-8(12)5-10(6,2)7-3-4-7/h6-7H,3-5H2,1-2H3,(H,11,12,13). The summed E-state index contributed by atoms with van der Waals surface area (Å²) in [7, 11) is 0. The van der Waals surface area contributed by atoms with Crippen LogP contribution >= 0.6 is 0 Å². The van der Waals surface area contributed by atoms with E-state index < -0.39 is 0 Å². The van der Waals surface area contributed by atoms with Crippen LogP contribution in [-0.4, -0.2) is 11.8 Å². The molecule has 1 saturated heterocycles. The Bertz CT molecular complexity index is 270. The number of imide groups is 1. The van der Waals surface area contributed by atoms with Gasteiger partial charge in [-0.1, -0.05) is 13.8 Å². The Morgan fingerprint density at radius 1 is 1.38 bits per heavy atom. The van der Waals surface area contributed by atoms with Crippen LogP contribution < -0.4 is 5.32 Å². The van der Waals surface area contributed by atoms with Crippen molar-refractivity contribution in [3.8, 4) is 0 Å². The molecule has 2 rings (SSSR count). The van der Waals surface area contributed by atoms with Crippen LogP contribution in [0.4, 0.5) is 0 Å². The third-order valence-electron chi connectivity index (χ3n) is 3.70. The summed E-state index contributed by atoms with van der Waals surface area (Å²) < 4.78 is 0. The molecule has 0 radical (unpaired) electrons. The van der Waals surface area contributed by atoms with Gasteiger partial charge in [-0.05, 0) is 24.2 Å². The highest BCUT2D eigenvalue weighted by Crippen LogP contribution is 2.53. The van der Waals surface area contributed by atoms with E-state index in [0.717, 1.165) is 0 Å². The first kappa shape index (κ1) is 8.73. The zero-order chi connectivity index (χ0) is 9.64. The van der Waals surface area contributed by atoms with Gasteiger partial charge < -0.3 is 0 Å². The third-order valence-corrected chi connectivity index (χ3v) is 3.70. The Labute approximate surface area is 77.9 Å². The van der Waals surface area contributed by atoms with Gasteiger partial charge in [-0.3, -0.25) is 14.9 Å². The van der Waals surface area contributed by atoms with Crippen molar-refractivity contribution >= 4 is 11.8 Å². The van der Waals surface area contributed by atoms with E-state index in [1.165, 1.54) is 12.8 Å². The van der Waals surface area contributed by atoms with Crippen LogP contribution in [0.5, 0.6) is 0 Å². The Kier molecular flexibility index (Phi) is 1.72. The number of hydrogen-bond acceptors (Lipinski definition) is 2. The fourth-order valence-electron chi connectivity index (χ4n) is 2.33. The van der Waals surface area contributed by atoms with Crippen molar-refractivity contribution in [1.82, 2.24) is 5.32 Å². The highest BCUT2D eigenvalue weighted by atomic mass is 16.2. The van der Waals surface area contributed by atoms with E-state index in [1.807, 2.05) is 6.92 Å². The molecule has 1 N–H and O–H groups in total. The maximum atomic E-state index is 11.4. The van der Waals surface area contributed by atoms with Gasteiger partial charge >= 0.3 is 0 Å². The minimum Gasteiger partial charge on any atom is -0.296 e. The van der Waals surface area contributed by atoms with Gasteiger partial charge in [0.1, 0.15) is 0 Å². The van der Waals surface area contributed by atoms with Crippen LogP contribution in [0.2, 0.25) is 0 Å². The first-order chi connectivity index (χ1) is 6.04. The molecule has 2 atom stereocenters. The molecular formula is C10H15NO2. The quantitative estimate of drug-likeness (QED) is 0.615. The van der Waals surface area contributed by atoms with Gasteiger partial charge in [0.2, 0.25) is 11.8 Å². The van der Waals surface area contributed by atoms with Crippen LogP contribution in [-0.2, 0) is 9.59 Å². The van der Waals surface area contributed by atoms with Gasteiger partial charge in [-0.15, -0.1) is 0 Å². The molecule has 0 spiro atoms. The summed E-state index contributed by atoms with van der Waals surface area (Å²) in [5, 5.41) is 2.39. The Hall–Kier alpha value is -0.860. The lowest BCUT2D eigenvalue weighted by Gasteiger charge is -2.38. The Morgan fingerprint density at radius 2 is 2.00 bits per heavy atom. The predicted octanol–water partition coefficient (Wildman–Crippen LogP) is 1.09. The number of rotatable bonds is 1. The van der Waals surface area contributed by atoms with E-state index in [4.69, 9.17) is 0 Å². The predicted molar refractivity (Wildman–Crippen MR) is 47.8 cm³/mol. The van der Waals surface area contributed by atoms with Crippen LogP contribution in [0.3, 0.4) is 0 Å². The largest absolute Gasteiger partial charge is 0.296 e. The van der Waals surface area contributed by atoms with E-state index in [2.05, 4.69) is 12.2 Å². The zero-order valence-corrected chi connectivity index (χ0v) is 8.09. The minimum atomic E-state index is -0.0995. The average molecular weight is 181 g/mol. The first-order valence-electron chi connectivity index (χ1n) is 4.88. The normalized spacial score (nSPS) is 40.3. The molecule has 1 aliphatic heterocycles. The molecule has 1 heterocycles. The SMILES string of the molecule is CC1C(=O)NC(=O)CC1(C)C1CC1. The Morgan fingerprint density at radius 3 is 2.54 bits per heavy atom. The summed E-state index contributed by atoms with van der Waals surface area (Å²) in [5.74, 6) is 0.387. The summed E-state index contributed by atoms with van der Waals surface area (Å²) in [6, 6.07) is 0. The molecule has 3 nitrogen and oxygen atoms in total. The second-order valence-electron chi connectivity index (χ2n) is 4.59. The fourth-order valence-corrected chi connectivity index (χ4v) is 2.33. The molecular weight excluding hydrogens is 166 g/mol. The average Bonchev–Trinajstić information content (AvgIpc) is 2.81. The number of amides is 2. The Balaban J connectivity index is 2.24. The van der Waals surface area contributed by atoms with E-state index >= 15 is 0 Å². The molecule has 13 heavy (non-hydrogen) atoms. The van der Waals surface area contributed by atoms with E-state index in [1.54, 1.807) is 0 Å². The van der Waals surface area contributed by atoms with Crippen molar-refractivity contribution in [1.29, 1.82) is 0 Å². The number of carbonyl (C=O) groups is 2. The fraction of sp³-hybridized carbons (Fsp3) is 0.800. The van der Waals surface area contributed by atoms with Crippen LogP contribution in [0.1, 0.15) is 33.1 Å². The van der Waals surface area contributed by atoms with Crippen molar-refractivity contribution in [2.24, 2.45) is 17.3 Å². The molecule has 2 fully saturated rings. The van der Waals surface area contributed by atoms with E-state index in [-0.39, 0.29) is 23.1 Å². The number of piperidine rings is 1. The van der Waals surface area contributed by atoms with E-state index in [0.29, 0.717) is 12.3 Å². The van der Waals surface area contributed by atoms with Gasteiger partial charge in [0.15, 0.2) is 0 Å². The highest BCUT2D eigenvalue weighted by Gasteiger charge is 2.51. The molecule has 0 aromatic rings. The first-order valence-corrected chi connectivity index (χ1v) is 4.88. The highest BCUT2D eigenvalue weighted by molar-refractivity contribution is 5.99. The monoisotopic (exact) mass is 181 g/mol. The molecule has 1 aliphatic carbocycles. The van der Waals surface area contributed by atoms with Crippen LogP contribution in [0.25, 0.3) is 0 Å². The molecule has 0 aromatic carbocycles. The number of carbonyl (C=O) groups excluding carboxylic acids is 2. The molecule has 2 aliphatic rings. The van der Waals surface area contributed by atoms with Crippen molar-refractivity contribution < 1.29 is 9.59 Å². The maximum Gasteiger partial charge on any atom is 0.229 e. The zero-order valence-electron chi connectivity index (χ0n) is 8.09. The smallest absolute Gasteiger partial charge is 0.229 e. The van der Waals surface area contributed by atoms with Crippen molar-refractivity contribution in [2.45, 2.75) is 33.1 Å². The van der Waals surface area contributed by atoms with Crippen LogP contribution in [0, 0.1) is 17.3 Å². The molecule has 72 valence electrons. The van der Waals surface area contributed by atoms with Gasteiger partial charge in [0.05, 0.1) is 0 Å². The van der Waals surface area contributed by atoms with Crippen molar-refractivity contribution in [2.75, 3.05) is 0 Å². The summed E-state index contributed by atoms with van der Waals surface area (Å²) in [4.78, 5) is 22.7. The van der Waals surface area contributed by atoms with Crippen molar-refractivity contribution in [3.05, 3.63) is 0 Å². The molecule has 1 saturated carbocycles. The lowest BCUT2D eigenvalue weighted by atomic mass is 9.69. The third kappa shape index (κ3) is 1.26. The molecule has 2 unspecified atom stereocenters. The molecule has 0 aromatic heterocycles. The van der Waals surface area contributed by atoms with Gasteiger partial charge in [-0.25, -0.2) is 0 Å². The second kappa shape index (κ2) is 2.56. The summed E-state index contributed by atoms with van der Waals surface area (Å²) in [5.41, 5.74) is -0.0700. The maximum absolute atomic E-state index is 11.4. The number of nitrogens with one attached hydrogen (secondary N) is 1. The van der Waals surface area contributed by atoms with Gasteiger partial charge in [-0.2, -0.15) is 0 Å². The van der Waals surface area contributed by atoms with Crippen molar-refractivity contribution in [3.63, 3.8) is 0 Å². The summed E-state index contributed by atoms with van der Waals surface area (Å²) in [6.45, 7) is 4.01. The van der Waals surface area contributed by atoms with Gasteiger partial charge in [0.25, 0.3) is 0 Å². The molecule has 0 bridgehead atoms.